The lowest BCUT2D eigenvalue weighted by Gasteiger charge is -2.26. The molecule has 2 amide bonds. The smallest absolute Gasteiger partial charge is 0.307 e. The van der Waals surface area contributed by atoms with Crippen LogP contribution in [0.3, 0.4) is 0 Å². The van der Waals surface area contributed by atoms with Gasteiger partial charge >= 0.3 is 5.97 Å². The molecule has 14 heteroatoms. The lowest BCUT2D eigenvalue weighted by atomic mass is 10.0. The summed E-state index contributed by atoms with van der Waals surface area (Å²) in [5, 5.41) is 10.0. The van der Waals surface area contributed by atoms with Gasteiger partial charge in [-0.3, -0.25) is 24.3 Å². The monoisotopic (exact) mass is 747 g/mol. The van der Waals surface area contributed by atoms with E-state index < -0.39 is 0 Å². The number of esters is 1. The standard InChI is InChI=1S/C38H43Cl2N7O5/c1-22(2)52-33(49)14-17-47-16-13-30-29(21-47)44-37(46(30)3)38(50)45-28-7-5-6-26(34(28)39)27-12-15-42-36(35(27)40)23-8-9-24(31(18-23)51-4)19-41-20-25-10-11-32(48)43-25/h5-9,12,15,18,22,25,41H,10-11,13-14,16-17,19-21H2,1-4H3,(H,43,48)(H,45,50)/t25-/m0/s1. The number of carbonyl (C=O) groups excluding carboxylic acids is 3. The van der Waals surface area contributed by atoms with E-state index in [0.29, 0.717) is 83.7 Å². The highest BCUT2D eigenvalue weighted by atomic mass is 35.5. The Kier molecular flexibility index (Phi) is 11.8. The van der Waals surface area contributed by atoms with E-state index in [9.17, 15) is 14.4 Å². The summed E-state index contributed by atoms with van der Waals surface area (Å²) in [5.74, 6) is 0.432. The van der Waals surface area contributed by atoms with Crippen molar-refractivity contribution in [3.8, 4) is 28.1 Å². The molecule has 0 unspecified atom stereocenters. The number of carbonyl (C=O) groups is 3. The number of nitrogens with one attached hydrogen (secondary N) is 3. The highest BCUT2D eigenvalue weighted by Crippen LogP contribution is 2.41. The summed E-state index contributed by atoms with van der Waals surface area (Å²) < 4.78 is 12.8. The minimum atomic E-state index is -0.390. The molecule has 2 aliphatic rings. The fraction of sp³-hybridized carbons (Fsp3) is 0.395. The van der Waals surface area contributed by atoms with Gasteiger partial charge in [-0.2, -0.15) is 0 Å². The van der Waals surface area contributed by atoms with Crippen molar-refractivity contribution in [3.05, 3.63) is 81.5 Å². The molecule has 4 heterocycles. The van der Waals surface area contributed by atoms with Crippen molar-refractivity contribution in [1.82, 2.24) is 30.1 Å². The fourth-order valence-electron chi connectivity index (χ4n) is 6.66. The van der Waals surface area contributed by atoms with Crippen LogP contribution < -0.4 is 20.7 Å². The number of fused-ring (bicyclic) bond motifs is 1. The number of pyridine rings is 1. The Morgan fingerprint density at radius 3 is 2.65 bits per heavy atom. The number of ether oxygens (including phenoxy) is 2. The summed E-state index contributed by atoms with van der Waals surface area (Å²) in [5.41, 5.74) is 5.79. The first kappa shape index (κ1) is 37.3. The molecular weight excluding hydrogens is 705 g/mol. The van der Waals surface area contributed by atoms with Gasteiger partial charge in [0.1, 0.15) is 5.75 Å². The van der Waals surface area contributed by atoms with Gasteiger partial charge in [0.25, 0.3) is 5.91 Å². The number of nitrogens with zero attached hydrogens (tertiary/aromatic N) is 4. The number of halogens is 2. The first-order valence-corrected chi connectivity index (χ1v) is 18.2. The van der Waals surface area contributed by atoms with Gasteiger partial charge in [-0.1, -0.05) is 47.5 Å². The van der Waals surface area contributed by atoms with E-state index in [-0.39, 0.29) is 35.8 Å². The Balaban J connectivity index is 1.16. The maximum absolute atomic E-state index is 13.6. The average Bonchev–Trinajstić information content (AvgIpc) is 3.69. The molecule has 0 aliphatic carbocycles. The van der Waals surface area contributed by atoms with Crippen molar-refractivity contribution in [3.63, 3.8) is 0 Å². The molecule has 3 N–H and O–H groups in total. The van der Waals surface area contributed by atoms with E-state index in [0.717, 1.165) is 35.5 Å². The van der Waals surface area contributed by atoms with Crippen molar-refractivity contribution in [2.75, 3.05) is 32.1 Å². The van der Waals surface area contributed by atoms with Crippen LogP contribution in [-0.2, 0) is 40.9 Å². The molecule has 0 saturated carbocycles. The van der Waals surface area contributed by atoms with Crippen LogP contribution in [-0.4, -0.2) is 76.1 Å². The fourth-order valence-corrected chi connectivity index (χ4v) is 7.26. The van der Waals surface area contributed by atoms with Crippen LogP contribution in [0.2, 0.25) is 10.0 Å². The zero-order valence-corrected chi connectivity index (χ0v) is 31.2. The van der Waals surface area contributed by atoms with Crippen LogP contribution >= 0.6 is 23.2 Å². The summed E-state index contributed by atoms with van der Waals surface area (Å²) in [6.07, 6.45) is 3.92. The van der Waals surface area contributed by atoms with Gasteiger partial charge in [0.05, 0.1) is 46.8 Å². The van der Waals surface area contributed by atoms with Gasteiger partial charge in [-0.05, 0) is 38.5 Å². The number of amides is 2. The molecule has 1 atom stereocenters. The molecule has 0 spiro atoms. The van der Waals surface area contributed by atoms with E-state index >= 15 is 0 Å². The molecule has 12 nitrogen and oxygen atoms in total. The number of benzene rings is 2. The summed E-state index contributed by atoms with van der Waals surface area (Å²) in [6, 6.07) is 13.1. The van der Waals surface area contributed by atoms with Crippen LogP contribution in [0.25, 0.3) is 22.4 Å². The van der Waals surface area contributed by atoms with E-state index in [4.69, 9.17) is 37.7 Å². The third-order valence-electron chi connectivity index (χ3n) is 9.32. The van der Waals surface area contributed by atoms with E-state index in [1.807, 2.05) is 49.7 Å². The maximum atomic E-state index is 13.6. The van der Waals surface area contributed by atoms with Gasteiger partial charge in [0.15, 0.2) is 5.82 Å². The number of aromatic nitrogens is 3. The first-order valence-electron chi connectivity index (χ1n) is 17.4. The predicted octanol–water partition coefficient (Wildman–Crippen LogP) is 5.78. The molecule has 2 aliphatic heterocycles. The van der Waals surface area contributed by atoms with Crippen LogP contribution in [0, 0.1) is 0 Å². The van der Waals surface area contributed by atoms with Crippen molar-refractivity contribution >= 4 is 46.7 Å². The summed E-state index contributed by atoms with van der Waals surface area (Å²) >= 11 is 14.0. The Labute approximate surface area is 313 Å². The second-order valence-corrected chi connectivity index (χ2v) is 14.1. The molecule has 0 radical (unpaired) electrons. The molecule has 52 heavy (non-hydrogen) atoms. The molecule has 0 bridgehead atoms. The highest BCUT2D eigenvalue weighted by molar-refractivity contribution is 6.39. The molecule has 2 aromatic heterocycles. The highest BCUT2D eigenvalue weighted by Gasteiger charge is 2.27. The van der Waals surface area contributed by atoms with Gasteiger partial charge in [-0.15, -0.1) is 0 Å². The summed E-state index contributed by atoms with van der Waals surface area (Å²) in [4.78, 5) is 48.6. The topological polar surface area (TPSA) is 140 Å². The van der Waals surface area contributed by atoms with Crippen molar-refractivity contribution in [2.24, 2.45) is 7.05 Å². The van der Waals surface area contributed by atoms with Gasteiger partial charge < -0.3 is 30.0 Å². The van der Waals surface area contributed by atoms with E-state index in [2.05, 4.69) is 25.8 Å². The number of rotatable bonds is 13. The second kappa shape index (κ2) is 16.5. The number of methoxy groups -OCH3 is 1. The van der Waals surface area contributed by atoms with Crippen molar-refractivity contribution in [2.45, 2.75) is 64.8 Å². The zero-order chi connectivity index (χ0) is 36.9. The second-order valence-electron chi connectivity index (χ2n) is 13.3. The van der Waals surface area contributed by atoms with Gasteiger partial charge in [0, 0.05) is 92.8 Å². The third-order valence-corrected chi connectivity index (χ3v) is 10.1. The van der Waals surface area contributed by atoms with Crippen LogP contribution in [0.1, 0.15) is 60.7 Å². The number of hydrogen-bond acceptors (Lipinski definition) is 9. The maximum Gasteiger partial charge on any atom is 0.307 e. The summed E-state index contributed by atoms with van der Waals surface area (Å²) in [7, 11) is 3.45. The van der Waals surface area contributed by atoms with Crippen molar-refractivity contribution in [1.29, 1.82) is 0 Å². The molecule has 1 fully saturated rings. The molecule has 274 valence electrons. The summed E-state index contributed by atoms with van der Waals surface area (Å²) in [6.45, 7) is 6.76. The number of imidazole rings is 1. The molecule has 6 rings (SSSR count). The average molecular weight is 749 g/mol. The first-order chi connectivity index (χ1) is 25.0. The minimum absolute atomic E-state index is 0.0918. The van der Waals surface area contributed by atoms with E-state index in [1.165, 1.54) is 0 Å². The Morgan fingerprint density at radius 2 is 1.90 bits per heavy atom. The molecule has 4 aromatic rings. The van der Waals surface area contributed by atoms with E-state index in [1.54, 1.807) is 31.5 Å². The number of hydrogen-bond donors (Lipinski definition) is 3. The largest absolute Gasteiger partial charge is 0.496 e. The Hall–Kier alpha value is -4.49. The Bertz CT molecular complexity index is 1980. The third kappa shape index (κ3) is 8.42. The quantitative estimate of drug-likeness (QED) is 0.145. The zero-order valence-electron chi connectivity index (χ0n) is 29.7. The van der Waals surface area contributed by atoms with Crippen LogP contribution in [0.5, 0.6) is 5.75 Å². The van der Waals surface area contributed by atoms with Gasteiger partial charge in [0.2, 0.25) is 5.91 Å². The SMILES string of the molecule is COc1cc(-c2nccc(-c3cccc(NC(=O)c4nc5c(n4C)CCN(CCC(=O)OC(C)C)C5)c3Cl)c2Cl)ccc1CNC[C@@H]1CCC(=O)N1. The predicted molar refractivity (Wildman–Crippen MR) is 201 cm³/mol. The lowest BCUT2D eigenvalue weighted by molar-refractivity contribution is -0.147. The van der Waals surface area contributed by atoms with Crippen LogP contribution in [0.4, 0.5) is 5.69 Å². The Morgan fingerprint density at radius 1 is 1.10 bits per heavy atom. The minimum Gasteiger partial charge on any atom is -0.496 e. The van der Waals surface area contributed by atoms with Gasteiger partial charge in [-0.25, -0.2) is 4.98 Å². The molecule has 1 saturated heterocycles. The van der Waals surface area contributed by atoms with Crippen LogP contribution in [0.15, 0.2) is 48.7 Å². The molecule has 2 aromatic carbocycles. The molecular formula is C38H43Cl2N7O5. The lowest BCUT2D eigenvalue weighted by Crippen LogP contribution is -2.35. The number of anilines is 1. The normalized spacial score (nSPS) is 15.8. The van der Waals surface area contributed by atoms with Crippen molar-refractivity contribution < 1.29 is 23.9 Å².